The highest BCUT2D eigenvalue weighted by Gasteiger charge is 2.14. The van der Waals surface area contributed by atoms with E-state index in [9.17, 15) is 10.2 Å². The summed E-state index contributed by atoms with van der Waals surface area (Å²) < 4.78 is 1.74. The first-order valence-electron chi connectivity index (χ1n) is 4.95. The molecule has 0 bridgehead atoms. The molecule has 0 spiro atoms. The van der Waals surface area contributed by atoms with E-state index in [1.807, 2.05) is 19.9 Å². The fourth-order valence-corrected chi connectivity index (χ4v) is 1.75. The maximum Gasteiger partial charge on any atom is 0.143 e. The fraction of sp³-hybridized carbons (Fsp3) is 0.364. The Hall–Kier alpha value is -1.55. The summed E-state index contributed by atoms with van der Waals surface area (Å²) in [5.41, 5.74) is 1.30. The number of benzene rings is 1. The van der Waals surface area contributed by atoms with Crippen LogP contribution in [0.1, 0.15) is 25.6 Å². The molecule has 0 aliphatic heterocycles. The van der Waals surface area contributed by atoms with Crippen LogP contribution in [0.2, 0.25) is 0 Å². The van der Waals surface area contributed by atoms with Gasteiger partial charge in [0.2, 0.25) is 0 Å². The van der Waals surface area contributed by atoms with Crippen LogP contribution < -0.4 is 0 Å². The summed E-state index contributed by atoms with van der Waals surface area (Å²) >= 11 is 0. The maximum atomic E-state index is 9.63. The lowest BCUT2D eigenvalue weighted by Crippen LogP contribution is -2.07. The summed E-state index contributed by atoms with van der Waals surface area (Å²) in [5, 5.41) is 24.0. The number of aliphatic hydroxyl groups is 1. The van der Waals surface area contributed by atoms with Crippen LogP contribution in [0.15, 0.2) is 18.2 Å². The van der Waals surface area contributed by atoms with E-state index in [0.717, 1.165) is 11.1 Å². The minimum atomic E-state index is -0.0713. The third-order valence-corrected chi connectivity index (χ3v) is 2.45. The number of nitrogens with zero attached hydrogens (tertiary/aromatic N) is 2. The second-order valence-electron chi connectivity index (χ2n) is 3.82. The Labute approximate surface area is 87.8 Å². The molecule has 0 aliphatic carbocycles. The van der Waals surface area contributed by atoms with Gasteiger partial charge in [0.25, 0.3) is 0 Å². The molecule has 0 aliphatic rings. The van der Waals surface area contributed by atoms with Gasteiger partial charge < -0.3 is 10.2 Å². The Bertz CT molecular complexity index is 489. The molecule has 0 saturated carbocycles. The van der Waals surface area contributed by atoms with Crippen LogP contribution >= 0.6 is 0 Å². The van der Waals surface area contributed by atoms with Gasteiger partial charge in [-0.1, -0.05) is 12.1 Å². The molecule has 1 aromatic carbocycles. The van der Waals surface area contributed by atoms with Gasteiger partial charge in [0.15, 0.2) is 0 Å². The van der Waals surface area contributed by atoms with Gasteiger partial charge in [-0.3, -0.25) is 4.68 Å². The number of fused-ring (bicyclic) bond motifs is 1. The molecule has 0 radical (unpaired) electrons. The first-order valence-corrected chi connectivity index (χ1v) is 4.95. The maximum absolute atomic E-state index is 9.63. The van der Waals surface area contributed by atoms with E-state index in [2.05, 4.69) is 5.10 Å². The van der Waals surface area contributed by atoms with Gasteiger partial charge in [0.1, 0.15) is 11.3 Å². The van der Waals surface area contributed by atoms with Crippen LogP contribution in [0.25, 0.3) is 10.9 Å². The molecule has 80 valence electrons. The average molecular weight is 206 g/mol. The van der Waals surface area contributed by atoms with Crippen molar-refractivity contribution >= 4 is 10.9 Å². The first kappa shape index (κ1) is 9.98. The normalized spacial score (nSPS) is 11.5. The minimum absolute atomic E-state index is 0.0713. The lowest BCUT2D eigenvalue weighted by atomic mass is 10.2. The van der Waals surface area contributed by atoms with Crippen molar-refractivity contribution in [2.24, 2.45) is 0 Å². The Kier molecular flexibility index (Phi) is 2.36. The Morgan fingerprint density at radius 3 is 2.73 bits per heavy atom. The quantitative estimate of drug-likeness (QED) is 0.787. The van der Waals surface area contributed by atoms with Gasteiger partial charge in [0.05, 0.1) is 12.3 Å². The number of hydrogen-bond donors (Lipinski definition) is 2. The molecule has 2 aromatic rings. The van der Waals surface area contributed by atoms with Crippen molar-refractivity contribution in [1.82, 2.24) is 9.78 Å². The predicted molar refractivity (Wildman–Crippen MR) is 57.7 cm³/mol. The lowest BCUT2D eigenvalue weighted by molar-refractivity contribution is 0.266. The molecule has 1 heterocycles. The fourth-order valence-electron chi connectivity index (χ4n) is 1.75. The second-order valence-corrected chi connectivity index (χ2v) is 3.82. The van der Waals surface area contributed by atoms with Crippen molar-refractivity contribution < 1.29 is 10.2 Å². The van der Waals surface area contributed by atoms with Gasteiger partial charge in [-0.2, -0.15) is 5.10 Å². The van der Waals surface area contributed by atoms with Crippen LogP contribution in [-0.2, 0) is 6.61 Å². The molecule has 1 aromatic heterocycles. The monoisotopic (exact) mass is 206 g/mol. The summed E-state index contributed by atoms with van der Waals surface area (Å²) in [7, 11) is 0. The molecule has 15 heavy (non-hydrogen) atoms. The van der Waals surface area contributed by atoms with Crippen LogP contribution in [0.5, 0.6) is 5.75 Å². The van der Waals surface area contributed by atoms with Crippen molar-refractivity contribution in [3.8, 4) is 5.75 Å². The summed E-state index contributed by atoms with van der Waals surface area (Å²) in [6.07, 6.45) is 0. The minimum Gasteiger partial charge on any atom is -0.506 e. The first-order chi connectivity index (χ1) is 7.15. The third-order valence-electron chi connectivity index (χ3n) is 2.45. The van der Waals surface area contributed by atoms with Crippen LogP contribution in [-0.4, -0.2) is 20.0 Å². The largest absolute Gasteiger partial charge is 0.506 e. The second kappa shape index (κ2) is 3.55. The predicted octanol–water partition coefficient (Wildman–Crippen LogP) is 1.82. The Balaban J connectivity index is 2.78. The number of rotatable bonds is 2. The van der Waals surface area contributed by atoms with E-state index in [1.54, 1.807) is 16.8 Å². The topological polar surface area (TPSA) is 58.3 Å². The zero-order chi connectivity index (χ0) is 11.0. The van der Waals surface area contributed by atoms with Gasteiger partial charge in [-0.15, -0.1) is 0 Å². The third kappa shape index (κ3) is 1.47. The number of hydrogen-bond acceptors (Lipinski definition) is 3. The van der Waals surface area contributed by atoms with E-state index in [1.165, 1.54) is 0 Å². The van der Waals surface area contributed by atoms with Crippen molar-refractivity contribution in [3.63, 3.8) is 0 Å². The number of aromatic hydroxyl groups is 1. The molecule has 2 rings (SSSR count). The zero-order valence-electron chi connectivity index (χ0n) is 8.81. The number of aromatic nitrogens is 2. The Morgan fingerprint density at radius 2 is 2.13 bits per heavy atom. The highest BCUT2D eigenvalue weighted by Crippen LogP contribution is 2.27. The van der Waals surface area contributed by atoms with Crippen LogP contribution in [0.4, 0.5) is 0 Å². The summed E-state index contributed by atoms with van der Waals surface area (Å²) in [5.74, 6) is 0.154. The van der Waals surface area contributed by atoms with Crippen molar-refractivity contribution in [1.29, 1.82) is 0 Å². The molecule has 0 saturated heterocycles. The highest BCUT2D eigenvalue weighted by molar-refractivity contribution is 5.86. The van der Waals surface area contributed by atoms with Gasteiger partial charge >= 0.3 is 0 Å². The Morgan fingerprint density at radius 1 is 1.40 bits per heavy atom. The number of phenolic OH excluding ortho intramolecular Hbond substituents is 1. The van der Waals surface area contributed by atoms with E-state index in [-0.39, 0.29) is 18.4 Å². The van der Waals surface area contributed by atoms with Gasteiger partial charge in [-0.25, -0.2) is 0 Å². The lowest BCUT2D eigenvalue weighted by Gasteiger charge is -2.08. The van der Waals surface area contributed by atoms with Gasteiger partial charge in [-0.05, 0) is 19.9 Å². The van der Waals surface area contributed by atoms with Crippen molar-refractivity contribution in [3.05, 3.63) is 23.9 Å². The summed E-state index contributed by atoms with van der Waals surface area (Å²) in [6, 6.07) is 5.37. The average Bonchev–Trinajstić information content (AvgIpc) is 2.57. The molecule has 0 unspecified atom stereocenters. The van der Waals surface area contributed by atoms with E-state index >= 15 is 0 Å². The number of aliphatic hydroxyl groups excluding tert-OH is 1. The van der Waals surface area contributed by atoms with Crippen molar-refractivity contribution in [2.75, 3.05) is 0 Å². The number of phenols is 1. The van der Waals surface area contributed by atoms with E-state index < -0.39 is 0 Å². The summed E-state index contributed by atoms with van der Waals surface area (Å²) in [6.45, 7) is 3.91. The highest BCUT2D eigenvalue weighted by atomic mass is 16.3. The molecular weight excluding hydrogens is 192 g/mol. The molecular formula is C11H14N2O2. The van der Waals surface area contributed by atoms with Crippen molar-refractivity contribution in [2.45, 2.75) is 26.5 Å². The SMILES string of the molecule is CC(C)n1nc2c(O)cccc2c1CO. The van der Waals surface area contributed by atoms with Crippen LogP contribution in [0, 0.1) is 0 Å². The zero-order valence-corrected chi connectivity index (χ0v) is 8.81. The van der Waals surface area contributed by atoms with E-state index in [4.69, 9.17) is 0 Å². The molecule has 0 fully saturated rings. The van der Waals surface area contributed by atoms with Gasteiger partial charge in [0, 0.05) is 11.4 Å². The summed E-state index contributed by atoms with van der Waals surface area (Å²) in [4.78, 5) is 0. The van der Waals surface area contributed by atoms with Crippen LogP contribution in [0.3, 0.4) is 0 Å². The molecule has 0 amide bonds. The van der Waals surface area contributed by atoms with E-state index in [0.29, 0.717) is 5.52 Å². The molecule has 2 N–H and O–H groups in total. The molecule has 4 nitrogen and oxygen atoms in total. The molecule has 0 atom stereocenters. The smallest absolute Gasteiger partial charge is 0.143 e. The standard InChI is InChI=1S/C11H14N2O2/c1-7(2)13-9(6-14)8-4-3-5-10(15)11(8)12-13/h3-5,7,14-15H,6H2,1-2H3. The molecule has 4 heteroatoms.